The number of phenols is 1. The summed E-state index contributed by atoms with van der Waals surface area (Å²) in [5.74, 6) is 1.06. The Labute approximate surface area is 143 Å². The molecule has 5 nitrogen and oxygen atoms in total. The van der Waals surface area contributed by atoms with Crippen molar-refractivity contribution >= 4 is 29.9 Å². The van der Waals surface area contributed by atoms with Gasteiger partial charge < -0.3 is 20.5 Å². The van der Waals surface area contributed by atoms with Gasteiger partial charge in [-0.25, -0.2) is 4.99 Å². The van der Waals surface area contributed by atoms with E-state index in [1.165, 1.54) is 0 Å². The monoisotopic (exact) mass is 405 g/mol. The highest BCUT2D eigenvalue weighted by Gasteiger charge is 2.15. The zero-order chi connectivity index (χ0) is 14.2. The second-order valence-corrected chi connectivity index (χ2v) is 4.88. The highest BCUT2D eigenvalue weighted by Crippen LogP contribution is 2.12. The van der Waals surface area contributed by atoms with Crippen molar-refractivity contribution in [2.24, 2.45) is 4.99 Å². The maximum atomic E-state index is 9.43. The third-order valence-corrected chi connectivity index (χ3v) is 3.20. The van der Waals surface area contributed by atoms with Crippen molar-refractivity contribution in [3.05, 3.63) is 29.8 Å². The molecule has 0 aromatic heterocycles. The molecule has 3 N–H and O–H groups in total. The Kier molecular flexibility index (Phi) is 8.44. The molecular weight excluding hydrogens is 381 g/mol. The van der Waals surface area contributed by atoms with E-state index in [2.05, 4.69) is 15.6 Å². The van der Waals surface area contributed by atoms with Crippen molar-refractivity contribution in [1.82, 2.24) is 10.6 Å². The molecule has 118 valence electrons. The van der Waals surface area contributed by atoms with Crippen molar-refractivity contribution in [1.29, 1.82) is 0 Å². The van der Waals surface area contributed by atoms with Crippen LogP contribution in [0.3, 0.4) is 0 Å². The molecule has 6 heteroatoms. The van der Waals surface area contributed by atoms with E-state index in [4.69, 9.17) is 4.74 Å². The maximum absolute atomic E-state index is 9.43. The molecule has 1 aromatic rings. The molecule has 1 atom stereocenters. The number of guanidine groups is 1. The highest BCUT2D eigenvalue weighted by molar-refractivity contribution is 14.0. The zero-order valence-corrected chi connectivity index (χ0v) is 14.7. The number of halogens is 1. The van der Waals surface area contributed by atoms with Gasteiger partial charge >= 0.3 is 0 Å². The molecule has 0 amide bonds. The Balaban J connectivity index is 0.00000220. The minimum atomic E-state index is 0. The van der Waals surface area contributed by atoms with Gasteiger partial charge in [-0.3, -0.25) is 0 Å². The van der Waals surface area contributed by atoms with Crippen LogP contribution in [0.15, 0.2) is 29.3 Å². The van der Waals surface area contributed by atoms with E-state index < -0.39 is 0 Å². The summed E-state index contributed by atoms with van der Waals surface area (Å²) >= 11 is 0. The van der Waals surface area contributed by atoms with Crippen LogP contribution < -0.4 is 10.6 Å². The van der Waals surface area contributed by atoms with Crippen molar-refractivity contribution in [2.45, 2.75) is 32.4 Å². The summed E-state index contributed by atoms with van der Waals surface area (Å²) in [6, 6.07) is 7.17. The molecule has 2 rings (SSSR count). The van der Waals surface area contributed by atoms with Gasteiger partial charge in [0.1, 0.15) is 5.75 Å². The van der Waals surface area contributed by atoms with Gasteiger partial charge in [-0.2, -0.15) is 0 Å². The fraction of sp³-hybridized carbons (Fsp3) is 0.533. The average molecular weight is 405 g/mol. The largest absolute Gasteiger partial charge is 0.508 e. The highest BCUT2D eigenvalue weighted by atomic mass is 127. The first-order chi connectivity index (χ1) is 9.78. The van der Waals surface area contributed by atoms with Crippen LogP contribution in [0.1, 0.15) is 25.3 Å². The summed E-state index contributed by atoms with van der Waals surface area (Å²) in [7, 11) is 0. The van der Waals surface area contributed by atoms with Crippen LogP contribution >= 0.6 is 24.0 Å². The van der Waals surface area contributed by atoms with E-state index in [0.29, 0.717) is 12.6 Å². The minimum absolute atomic E-state index is 0. The lowest BCUT2D eigenvalue weighted by Crippen LogP contribution is -2.41. The number of ether oxygens (including phenoxy) is 1. The van der Waals surface area contributed by atoms with Gasteiger partial charge in [0.15, 0.2) is 5.96 Å². The summed E-state index contributed by atoms with van der Waals surface area (Å²) < 4.78 is 5.58. The number of benzene rings is 1. The summed E-state index contributed by atoms with van der Waals surface area (Å²) in [4.78, 5) is 4.51. The Morgan fingerprint density at radius 2 is 2.29 bits per heavy atom. The van der Waals surface area contributed by atoms with Gasteiger partial charge in [0.05, 0.1) is 12.6 Å². The summed E-state index contributed by atoms with van der Waals surface area (Å²) in [5, 5.41) is 15.9. The van der Waals surface area contributed by atoms with Crippen LogP contribution in [0.5, 0.6) is 5.75 Å². The van der Waals surface area contributed by atoms with Gasteiger partial charge in [-0.05, 0) is 37.5 Å². The number of aromatic hydroxyl groups is 1. The first-order valence-electron chi connectivity index (χ1n) is 7.19. The second-order valence-electron chi connectivity index (χ2n) is 4.88. The first-order valence-corrected chi connectivity index (χ1v) is 7.19. The molecule has 1 saturated heterocycles. The second kappa shape index (κ2) is 9.83. The molecule has 0 saturated carbocycles. The molecule has 1 unspecified atom stereocenters. The summed E-state index contributed by atoms with van der Waals surface area (Å²) in [6.07, 6.45) is 2.54. The topological polar surface area (TPSA) is 65.9 Å². The Bertz CT molecular complexity index is 448. The third-order valence-electron chi connectivity index (χ3n) is 3.20. The molecule has 1 aromatic carbocycles. The maximum Gasteiger partial charge on any atom is 0.191 e. The zero-order valence-electron chi connectivity index (χ0n) is 12.3. The van der Waals surface area contributed by atoms with Crippen molar-refractivity contribution in [3.63, 3.8) is 0 Å². The van der Waals surface area contributed by atoms with Crippen LogP contribution in [-0.2, 0) is 11.3 Å². The summed E-state index contributed by atoms with van der Waals surface area (Å²) in [6.45, 7) is 5.04. The standard InChI is InChI=1S/C15H23N3O2.HI/c1-2-16-15(18-11-14-7-4-8-20-14)17-10-12-5-3-6-13(19)9-12;/h3,5-6,9,14,19H,2,4,7-8,10-11H2,1H3,(H2,16,17,18);1H. The Morgan fingerprint density at radius 3 is 2.95 bits per heavy atom. The average Bonchev–Trinajstić information content (AvgIpc) is 2.95. The number of rotatable bonds is 5. The first kappa shape index (κ1) is 18.0. The van der Waals surface area contributed by atoms with Crippen LogP contribution in [-0.4, -0.2) is 36.9 Å². The number of hydrogen-bond donors (Lipinski definition) is 3. The lowest BCUT2D eigenvalue weighted by Gasteiger charge is -2.14. The number of nitrogens with zero attached hydrogens (tertiary/aromatic N) is 1. The van der Waals surface area contributed by atoms with E-state index in [1.807, 2.05) is 19.1 Å². The SMILES string of the molecule is CCNC(=NCc1cccc(O)c1)NCC1CCCO1.I. The van der Waals surface area contributed by atoms with E-state index in [-0.39, 0.29) is 29.7 Å². The van der Waals surface area contributed by atoms with Crippen molar-refractivity contribution < 1.29 is 9.84 Å². The number of hydrogen-bond acceptors (Lipinski definition) is 3. The number of nitrogens with one attached hydrogen (secondary N) is 2. The van der Waals surface area contributed by atoms with Gasteiger partial charge in [0.2, 0.25) is 0 Å². The van der Waals surface area contributed by atoms with Crippen LogP contribution in [0, 0.1) is 0 Å². The molecule has 1 fully saturated rings. The predicted octanol–water partition coefficient (Wildman–Crippen LogP) is 2.24. The molecule has 1 aliphatic rings. The van der Waals surface area contributed by atoms with E-state index in [9.17, 15) is 5.11 Å². The fourth-order valence-corrected chi connectivity index (χ4v) is 2.18. The van der Waals surface area contributed by atoms with Crippen LogP contribution in [0.2, 0.25) is 0 Å². The lowest BCUT2D eigenvalue weighted by molar-refractivity contribution is 0.114. The molecule has 0 bridgehead atoms. The molecule has 1 aliphatic heterocycles. The quantitative estimate of drug-likeness (QED) is 0.400. The molecule has 0 spiro atoms. The van der Waals surface area contributed by atoms with E-state index >= 15 is 0 Å². The molecule has 1 heterocycles. The molecule has 0 aliphatic carbocycles. The van der Waals surface area contributed by atoms with Crippen molar-refractivity contribution in [2.75, 3.05) is 19.7 Å². The van der Waals surface area contributed by atoms with Gasteiger partial charge in [-0.1, -0.05) is 12.1 Å². The smallest absolute Gasteiger partial charge is 0.191 e. The van der Waals surface area contributed by atoms with Crippen LogP contribution in [0.25, 0.3) is 0 Å². The predicted molar refractivity (Wildman–Crippen MR) is 95.3 cm³/mol. The van der Waals surface area contributed by atoms with Gasteiger partial charge in [0, 0.05) is 19.7 Å². The number of phenolic OH excluding ortho intramolecular Hbond substituents is 1. The Morgan fingerprint density at radius 1 is 1.43 bits per heavy atom. The number of aliphatic imine (C=N–C) groups is 1. The van der Waals surface area contributed by atoms with Gasteiger partial charge in [-0.15, -0.1) is 24.0 Å². The molecule has 0 radical (unpaired) electrons. The Hall–Kier alpha value is -1.02. The third kappa shape index (κ3) is 6.52. The lowest BCUT2D eigenvalue weighted by atomic mass is 10.2. The van der Waals surface area contributed by atoms with Crippen LogP contribution in [0.4, 0.5) is 0 Å². The van der Waals surface area contributed by atoms with E-state index in [1.54, 1.807) is 12.1 Å². The minimum Gasteiger partial charge on any atom is -0.508 e. The fourth-order valence-electron chi connectivity index (χ4n) is 2.18. The van der Waals surface area contributed by atoms with Gasteiger partial charge in [0.25, 0.3) is 0 Å². The normalized spacial score (nSPS) is 18.1. The van der Waals surface area contributed by atoms with E-state index in [0.717, 1.165) is 44.1 Å². The summed E-state index contributed by atoms with van der Waals surface area (Å²) in [5.41, 5.74) is 0.985. The molecular formula is C15H24IN3O2. The molecule has 21 heavy (non-hydrogen) atoms. The van der Waals surface area contributed by atoms with Crippen molar-refractivity contribution in [3.8, 4) is 5.75 Å².